The molecule has 1 fully saturated rings. The van der Waals surface area contributed by atoms with Crippen LogP contribution in [0.1, 0.15) is 61.2 Å². The summed E-state index contributed by atoms with van der Waals surface area (Å²) in [5.74, 6) is 1.52. The number of benzene rings is 2. The van der Waals surface area contributed by atoms with Gasteiger partial charge in [-0.05, 0) is 62.8 Å². The SMILES string of the molecule is CCOc1ccc(-c2cnccn2)cc1CN(C(=O)c1sc2ccccc2c1Cl)C1CCC(CC)CC1. The number of carbonyl (C=O) groups is 1. The van der Waals surface area contributed by atoms with Crippen LogP contribution in [0.25, 0.3) is 21.3 Å². The zero-order chi connectivity index (χ0) is 25.8. The first-order valence-corrected chi connectivity index (χ1v) is 14.3. The summed E-state index contributed by atoms with van der Waals surface area (Å²) in [5.41, 5.74) is 2.71. The van der Waals surface area contributed by atoms with E-state index in [1.165, 1.54) is 17.8 Å². The van der Waals surface area contributed by atoms with Crippen LogP contribution in [0.4, 0.5) is 0 Å². The number of ether oxygens (including phenoxy) is 1. The van der Waals surface area contributed by atoms with Crippen molar-refractivity contribution in [3.8, 4) is 17.0 Å². The Kier molecular flexibility index (Phi) is 8.06. The van der Waals surface area contributed by atoms with E-state index in [9.17, 15) is 4.79 Å². The van der Waals surface area contributed by atoms with Crippen molar-refractivity contribution >= 4 is 38.9 Å². The Bertz CT molecular complexity index is 1370. The number of fused-ring (bicyclic) bond motifs is 1. The standard InChI is InChI=1S/C30H32ClN3O2S/c1-3-20-9-12-23(13-10-20)34(30(35)29-28(31)24-7-5-6-8-27(24)37-29)19-22-17-21(11-14-26(22)36-4-2)25-18-32-15-16-33-25/h5-8,11,14-18,20,23H,3-4,9-10,12-13,19H2,1-2H3. The summed E-state index contributed by atoms with van der Waals surface area (Å²) in [5, 5.41) is 1.49. The second-order valence-corrected chi connectivity index (χ2v) is 11.0. The number of carbonyl (C=O) groups excluding carboxylic acids is 1. The maximum Gasteiger partial charge on any atom is 0.266 e. The molecule has 0 aliphatic heterocycles. The predicted octanol–water partition coefficient (Wildman–Crippen LogP) is 8.02. The lowest BCUT2D eigenvalue weighted by Gasteiger charge is -2.37. The van der Waals surface area contributed by atoms with Crippen LogP contribution in [0.5, 0.6) is 5.75 Å². The van der Waals surface area contributed by atoms with Crippen molar-refractivity contribution in [3.05, 3.63) is 76.5 Å². The highest BCUT2D eigenvalue weighted by atomic mass is 35.5. The van der Waals surface area contributed by atoms with E-state index in [4.69, 9.17) is 16.3 Å². The Morgan fingerprint density at radius 2 is 1.92 bits per heavy atom. The zero-order valence-electron chi connectivity index (χ0n) is 21.3. The van der Waals surface area contributed by atoms with Crippen LogP contribution in [-0.4, -0.2) is 33.4 Å². The van der Waals surface area contributed by atoms with Gasteiger partial charge in [0, 0.05) is 46.2 Å². The summed E-state index contributed by atoms with van der Waals surface area (Å²) in [7, 11) is 0. The van der Waals surface area contributed by atoms with Crippen molar-refractivity contribution in [3.63, 3.8) is 0 Å². The largest absolute Gasteiger partial charge is 0.494 e. The molecule has 1 aliphatic carbocycles. The van der Waals surface area contributed by atoms with Gasteiger partial charge in [-0.25, -0.2) is 0 Å². The molecule has 0 spiro atoms. The third kappa shape index (κ3) is 5.51. The van der Waals surface area contributed by atoms with Crippen LogP contribution >= 0.6 is 22.9 Å². The number of nitrogens with zero attached hydrogens (tertiary/aromatic N) is 3. The minimum atomic E-state index is -0.00139. The highest BCUT2D eigenvalue weighted by Gasteiger charge is 2.32. The van der Waals surface area contributed by atoms with Crippen LogP contribution in [0.15, 0.2) is 61.1 Å². The normalized spacial score (nSPS) is 17.6. The lowest BCUT2D eigenvalue weighted by atomic mass is 9.83. The molecule has 4 aromatic rings. The molecule has 192 valence electrons. The van der Waals surface area contributed by atoms with Crippen LogP contribution < -0.4 is 4.74 Å². The molecule has 5 rings (SSSR count). The zero-order valence-corrected chi connectivity index (χ0v) is 22.9. The summed E-state index contributed by atoms with van der Waals surface area (Å²) in [6, 6.07) is 14.2. The molecule has 1 saturated carbocycles. The van der Waals surface area contributed by atoms with Crippen LogP contribution in [0.3, 0.4) is 0 Å². The van der Waals surface area contributed by atoms with E-state index < -0.39 is 0 Å². The molecule has 5 nitrogen and oxygen atoms in total. The van der Waals surface area contributed by atoms with Gasteiger partial charge in [0.05, 0.1) is 23.5 Å². The minimum Gasteiger partial charge on any atom is -0.494 e. The lowest BCUT2D eigenvalue weighted by molar-refractivity contribution is 0.0590. The van der Waals surface area contributed by atoms with Gasteiger partial charge in [0.1, 0.15) is 10.6 Å². The number of rotatable bonds is 8. The molecule has 37 heavy (non-hydrogen) atoms. The Balaban J connectivity index is 1.53. The molecule has 1 amide bonds. The van der Waals surface area contributed by atoms with Gasteiger partial charge in [0.15, 0.2) is 0 Å². The molecular weight excluding hydrogens is 502 g/mol. The van der Waals surface area contributed by atoms with Crippen molar-refractivity contribution in [2.75, 3.05) is 6.61 Å². The van der Waals surface area contributed by atoms with Crippen molar-refractivity contribution < 1.29 is 9.53 Å². The average molecular weight is 534 g/mol. The van der Waals surface area contributed by atoms with Gasteiger partial charge < -0.3 is 9.64 Å². The summed E-state index contributed by atoms with van der Waals surface area (Å²) in [6.45, 7) is 5.24. The van der Waals surface area contributed by atoms with Gasteiger partial charge in [-0.15, -0.1) is 11.3 Å². The highest BCUT2D eigenvalue weighted by Crippen LogP contribution is 2.39. The molecule has 7 heteroatoms. The predicted molar refractivity (Wildman–Crippen MR) is 151 cm³/mol. The summed E-state index contributed by atoms with van der Waals surface area (Å²) >= 11 is 8.27. The van der Waals surface area contributed by atoms with E-state index in [0.717, 1.165) is 64.3 Å². The van der Waals surface area contributed by atoms with Crippen molar-refractivity contribution in [1.29, 1.82) is 0 Å². The molecule has 0 bridgehead atoms. The summed E-state index contributed by atoms with van der Waals surface area (Å²) < 4.78 is 7.04. The fourth-order valence-electron chi connectivity index (χ4n) is 5.30. The number of aromatic nitrogens is 2. The third-order valence-electron chi connectivity index (χ3n) is 7.38. The quantitative estimate of drug-likeness (QED) is 0.230. The Labute approximate surface area is 227 Å². The van der Waals surface area contributed by atoms with E-state index in [2.05, 4.69) is 23.0 Å². The van der Waals surface area contributed by atoms with Gasteiger partial charge in [-0.3, -0.25) is 14.8 Å². The van der Waals surface area contributed by atoms with Crippen LogP contribution in [0.2, 0.25) is 5.02 Å². The van der Waals surface area contributed by atoms with Crippen molar-refractivity contribution in [1.82, 2.24) is 14.9 Å². The van der Waals surface area contributed by atoms with E-state index in [0.29, 0.717) is 23.1 Å². The molecular formula is C30H32ClN3O2S. The topological polar surface area (TPSA) is 55.3 Å². The van der Waals surface area contributed by atoms with Crippen LogP contribution in [-0.2, 0) is 6.54 Å². The minimum absolute atomic E-state index is 0.00139. The molecule has 2 aromatic heterocycles. The molecule has 0 saturated heterocycles. The van der Waals surface area contributed by atoms with Crippen LogP contribution in [0, 0.1) is 5.92 Å². The Hall–Kier alpha value is -2.96. The molecule has 0 atom stereocenters. The first kappa shape index (κ1) is 25.7. The maximum absolute atomic E-state index is 14.2. The average Bonchev–Trinajstić information content (AvgIpc) is 3.29. The number of hydrogen-bond donors (Lipinski definition) is 0. The first-order chi connectivity index (χ1) is 18.1. The Morgan fingerprint density at radius 3 is 2.62 bits per heavy atom. The fraction of sp³-hybridized carbons (Fsp3) is 0.367. The maximum atomic E-state index is 14.2. The van der Waals surface area contributed by atoms with E-state index in [1.807, 2.05) is 48.2 Å². The smallest absolute Gasteiger partial charge is 0.266 e. The van der Waals surface area contributed by atoms with E-state index >= 15 is 0 Å². The molecule has 2 heterocycles. The van der Waals surface area contributed by atoms with Crippen molar-refractivity contribution in [2.45, 2.75) is 58.5 Å². The molecule has 1 aliphatic rings. The highest BCUT2D eigenvalue weighted by molar-refractivity contribution is 7.21. The van der Waals surface area contributed by atoms with E-state index in [1.54, 1.807) is 18.6 Å². The summed E-state index contributed by atoms with van der Waals surface area (Å²) in [4.78, 5) is 25.6. The second-order valence-electron chi connectivity index (χ2n) is 9.60. The number of hydrogen-bond acceptors (Lipinski definition) is 5. The van der Waals surface area contributed by atoms with Gasteiger partial charge in [0.2, 0.25) is 0 Å². The molecule has 2 aromatic carbocycles. The fourth-order valence-corrected chi connectivity index (χ4v) is 6.77. The monoisotopic (exact) mass is 533 g/mol. The van der Waals surface area contributed by atoms with Gasteiger partial charge >= 0.3 is 0 Å². The second kappa shape index (κ2) is 11.6. The molecule has 0 N–H and O–H groups in total. The first-order valence-electron chi connectivity index (χ1n) is 13.1. The number of amides is 1. The lowest BCUT2D eigenvalue weighted by Crippen LogP contribution is -2.41. The molecule has 0 unspecified atom stereocenters. The van der Waals surface area contributed by atoms with Crippen molar-refractivity contribution in [2.24, 2.45) is 5.92 Å². The summed E-state index contributed by atoms with van der Waals surface area (Å²) in [6.07, 6.45) is 10.6. The van der Waals surface area contributed by atoms with Gasteiger partial charge in [0.25, 0.3) is 5.91 Å². The van der Waals surface area contributed by atoms with E-state index in [-0.39, 0.29) is 11.9 Å². The molecule has 0 radical (unpaired) electrons. The Morgan fingerprint density at radius 1 is 1.11 bits per heavy atom. The van der Waals surface area contributed by atoms with Gasteiger partial charge in [-0.1, -0.05) is 43.1 Å². The van der Waals surface area contributed by atoms with Gasteiger partial charge in [-0.2, -0.15) is 0 Å². The third-order valence-corrected chi connectivity index (χ3v) is 9.05. The number of thiophene rings is 1. The number of halogens is 1.